The second-order valence-electron chi connectivity index (χ2n) is 4.81. The van der Waals surface area contributed by atoms with Gasteiger partial charge in [-0.25, -0.2) is 0 Å². The highest BCUT2D eigenvalue weighted by Crippen LogP contribution is 2.24. The van der Waals surface area contributed by atoms with E-state index in [0.717, 1.165) is 5.69 Å². The summed E-state index contributed by atoms with van der Waals surface area (Å²) >= 11 is 0. The van der Waals surface area contributed by atoms with E-state index in [1.165, 1.54) is 12.7 Å². The molecule has 0 atom stereocenters. The Kier molecular flexibility index (Phi) is 4.07. The number of hydrogen-bond donors (Lipinski definition) is 1. The molecule has 0 bridgehead atoms. The normalized spacial score (nSPS) is 11.2. The van der Waals surface area contributed by atoms with Gasteiger partial charge in [0.1, 0.15) is 6.61 Å². The second kappa shape index (κ2) is 5.12. The molecule has 16 heavy (non-hydrogen) atoms. The molecule has 3 nitrogen and oxygen atoms in total. The van der Waals surface area contributed by atoms with Crippen LogP contribution in [0.3, 0.4) is 0 Å². The van der Waals surface area contributed by atoms with Gasteiger partial charge in [0.25, 0.3) is 0 Å². The Hall–Kier alpha value is -1.35. The number of anilines is 1. The number of amides is 1. The van der Waals surface area contributed by atoms with Crippen LogP contribution in [0.5, 0.6) is 0 Å². The first-order valence-corrected chi connectivity index (χ1v) is 5.33. The molecule has 0 radical (unpaired) electrons. The fourth-order valence-electron chi connectivity index (χ4n) is 1.39. The van der Waals surface area contributed by atoms with Crippen LogP contribution in [0.2, 0.25) is 0 Å². The van der Waals surface area contributed by atoms with E-state index in [2.05, 4.69) is 32.2 Å². The van der Waals surface area contributed by atoms with Crippen LogP contribution in [0.15, 0.2) is 24.3 Å². The Bertz CT molecular complexity index is 366. The summed E-state index contributed by atoms with van der Waals surface area (Å²) < 4.78 is 4.76. The van der Waals surface area contributed by atoms with Gasteiger partial charge in [0.05, 0.1) is 0 Å². The molecule has 1 rings (SSSR count). The molecule has 88 valence electrons. The predicted molar refractivity (Wildman–Crippen MR) is 65.6 cm³/mol. The van der Waals surface area contributed by atoms with Crippen molar-refractivity contribution in [3.63, 3.8) is 0 Å². The van der Waals surface area contributed by atoms with Crippen LogP contribution in [0.1, 0.15) is 26.3 Å². The molecular weight excluding hydrogens is 202 g/mol. The molecule has 1 N–H and O–H groups in total. The lowest BCUT2D eigenvalue weighted by molar-refractivity contribution is -0.119. The van der Waals surface area contributed by atoms with Gasteiger partial charge in [-0.05, 0) is 23.1 Å². The predicted octanol–water partition coefficient (Wildman–Crippen LogP) is 2.57. The van der Waals surface area contributed by atoms with Crippen molar-refractivity contribution in [3.05, 3.63) is 29.8 Å². The van der Waals surface area contributed by atoms with Crippen LogP contribution >= 0.6 is 0 Å². The monoisotopic (exact) mass is 221 g/mol. The average Bonchev–Trinajstić information content (AvgIpc) is 2.17. The molecule has 0 heterocycles. The highest BCUT2D eigenvalue weighted by molar-refractivity contribution is 5.91. The number of methoxy groups -OCH3 is 1. The summed E-state index contributed by atoms with van der Waals surface area (Å²) in [6.07, 6.45) is 0. The summed E-state index contributed by atoms with van der Waals surface area (Å²) in [7, 11) is 1.51. The molecule has 0 aliphatic rings. The van der Waals surface area contributed by atoms with Crippen LogP contribution < -0.4 is 5.32 Å². The molecule has 0 saturated heterocycles. The highest BCUT2D eigenvalue weighted by Gasteiger charge is 2.13. The van der Waals surface area contributed by atoms with Crippen LogP contribution in [0.25, 0.3) is 0 Å². The molecule has 1 aromatic carbocycles. The molecule has 1 aromatic rings. The van der Waals surface area contributed by atoms with Crippen LogP contribution in [0, 0.1) is 0 Å². The van der Waals surface area contributed by atoms with Crippen molar-refractivity contribution in [1.82, 2.24) is 0 Å². The van der Waals surface area contributed by atoms with E-state index in [9.17, 15) is 4.79 Å². The molecular formula is C13H19NO2. The minimum absolute atomic E-state index is 0.0831. The molecule has 0 aliphatic carbocycles. The van der Waals surface area contributed by atoms with Gasteiger partial charge in [-0.3, -0.25) is 4.79 Å². The van der Waals surface area contributed by atoms with E-state index in [4.69, 9.17) is 4.74 Å². The van der Waals surface area contributed by atoms with Crippen molar-refractivity contribution in [2.45, 2.75) is 26.2 Å². The van der Waals surface area contributed by atoms with E-state index in [-0.39, 0.29) is 17.9 Å². The molecule has 0 fully saturated rings. The number of rotatable bonds is 3. The van der Waals surface area contributed by atoms with Crippen molar-refractivity contribution < 1.29 is 9.53 Å². The van der Waals surface area contributed by atoms with Crippen molar-refractivity contribution >= 4 is 11.6 Å². The first-order valence-electron chi connectivity index (χ1n) is 5.33. The van der Waals surface area contributed by atoms with Gasteiger partial charge >= 0.3 is 0 Å². The smallest absolute Gasteiger partial charge is 0.250 e. The molecule has 3 heteroatoms. The van der Waals surface area contributed by atoms with Crippen molar-refractivity contribution in [2.24, 2.45) is 0 Å². The van der Waals surface area contributed by atoms with E-state index in [0.29, 0.717) is 0 Å². The zero-order chi connectivity index (χ0) is 12.2. The third-order valence-electron chi connectivity index (χ3n) is 2.29. The lowest BCUT2D eigenvalue weighted by atomic mass is 9.87. The maximum Gasteiger partial charge on any atom is 0.250 e. The number of hydrogen-bond acceptors (Lipinski definition) is 2. The Balaban J connectivity index is 2.79. The Labute approximate surface area is 96.8 Å². The standard InChI is InChI=1S/C13H19NO2/c1-13(2,3)10-6-5-7-11(8-10)14-12(15)9-16-4/h5-8H,9H2,1-4H3,(H,14,15). The Morgan fingerprint density at radius 3 is 2.62 bits per heavy atom. The minimum atomic E-state index is -0.131. The molecule has 0 spiro atoms. The fourth-order valence-corrected chi connectivity index (χ4v) is 1.39. The summed E-state index contributed by atoms with van der Waals surface area (Å²) in [4.78, 5) is 11.3. The van der Waals surface area contributed by atoms with Crippen LogP contribution in [-0.2, 0) is 14.9 Å². The zero-order valence-electron chi connectivity index (χ0n) is 10.3. The number of benzene rings is 1. The third-order valence-corrected chi connectivity index (χ3v) is 2.29. The summed E-state index contributed by atoms with van der Waals surface area (Å²) in [5.74, 6) is -0.131. The zero-order valence-corrected chi connectivity index (χ0v) is 10.3. The van der Waals surface area contributed by atoms with E-state index in [1.807, 2.05) is 18.2 Å². The number of ether oxygens (including phenoxy) is 1. The Morgan fingerprint density at radius 2 is 2.06 bits per heavy atom. The third kappa shape index (κ3) is 3.66. The molecule has 1 amide bonds. The highest BCUT2D eigenvalue weighted by atomic mass is 16.5. The van der Waals surface area contributed by atoms with Gasteiger partial charge in [0, 0.05) is 12.8 Å². The molecule has 0 aromatic heterocycles. The lowest BCUT2D eigenvalue weighted by Gasteiger charge is -2.19. The van der Waals surface area contributed by atoms with E-state index < -0.39 is 0 Å². The minimum Gasteiger partial charge on any atom is -0.375 e. The SMILES string of the molecule is COCC(=O)Nc1cccc(C(C)(C)C)c1. The second-order valence-corrected chi connectivity index (χ2v) is 4.81. The van der Waals surface area contributed by atoms with Crippen LogP contribution in [-0.4, -0.2) is 19.6 Å². The first-order chi connectivity index (χ1) is 7.43. The van der Waals surface area contributed by atoms with Gasteiger partial charge in [-0.1, -0.05) is 32.9 Å². The summed E-state index contributed by atoms with van der Waals surface area (Å²) in [5.41, 5.74) is 2.10. The molecule has 0 unspecified atom stereocenters. The summed E-state index contributed by atoms with van der Waals surface area (Å²) in [6.45, 7) is 6.51. The number of carbonyl (C=O) groups excluding carboxylic acids is 1. The van der Waals surface area contributed by atoms with Gasteiger partial charge in [0.2, 0.25) is 5.91 Å². The summed E-state index contributed by atoms with van der Waals surface area (Å²) in [6, 6.07) is 7.88. The average molecular weight is 221 g/mol. The lowest BCUT2D eigenvalue weighted by Crippen LogP contribution is -2.18. The maximum atomic E-state index is 11.3. The molecule has 0 aliphatic heterocycles. The van der Waals surface area contributed by atoms with Crippen LogP contribution in [0.4, 0.5) is 5.69 Å². The molecule has 0 saturated carbocycles. The van der Waals surface area contributed by atoms with E-state index in [1.54, 1.807) is 0 Å². The van der Waals surface area contributed by atoms with Crippen molar-refractivity contribution in [2.75, 3.05) is 19.0 Å². The topological polar surface area (TPSA) is 38.3 Å². The maximum absolute atomic E-state index is 11.3. The number of nitrogens with one attached hydrogen (secondary N) is 1. The first kappa shape index (κ1) is 12.7. The largest absolute Gasteiger partial charge is 0.375 e. The quantitative estimate of drug-likeness (QED) is 0.852. The van der Waals surface area contributed by atoms with Crippen molar-refractivity contribution in [1.29, 1.82) is 0 Å². The Morgan fingerprint density at radius 1 is 1.38 bits per heavy atom. The van der Waals surface area contributed by atoms with Gasteiger partial charge in [0.15, 0.2) is 0 Å². The van der Waals surface area contributed by atoms with Gasteiger partial charge in [-0.15, -0.1) is 0 Å². The van der Waals surface area contributed by atoms with E-state index >= 15 is 0 Å². The van der Waals surface area contributed by atoms with Gasteiger partial charge in [-0.2, -0.15) is 0 Å². The van der Waals surface area contributed by atoms with Gasteiger partial charge < -0.3 is 10.1 Å². The number of carbonyl (C=O) groups is 1. The van der Waals surface area contributed by atoms with Crippen molar-refractivity contribution in [3.8, 4) is 0 Å². The fraction of sp³-hybridized carbons (Fsp3) is 0.462. The summed E-state index contributed by atoms with van der Waals surface area (Å²) in [5, 5.41) is 2.79.